The van der Waals surface area contributed by atoms with Crippen molar-refractivity contribution in [3.8, 4) is 0 Å². The van der Waals surface area contributed by atoms with Gasteiger partial charge in [0.15, 0.2) is 0 Å². The third-order valence-corrected chi connectivity index (χ3v) is 4.69. The predicted molar refractivity (Wildman–Crippen MR) is 84.3 cm³/mol. The minimum atomic E-state index is -0.547. The summed E-state index contributed by atoms with van der Waals surface area (Å²) in [7, 11) is 0. The van der Waals surface area contributed by atoms with Crippen molar-refractivity contribution < 1.29 is 19.2 Å². The van der Waals surface area contributed by atoms with Crippen LogP contribution in [0.3, 0.4) is 0 Å². The lowest BCUT2D eigenvalue weighted by Gasteiger charge is -2.12. The highest BCUT2D eigenvalue weighted by Gasteiger charge is 2.39. The molecule has 3 aliphatic rings. The molecule has 7 heteroatoms. The molecule has 0 radical (unpaired) electrons. The number of fused-ring (bicyclic) bond motifs is 1. The molecule has 24 heavy (non-hydrogen) atoms. The molecular weight excluding hydrogens is 310 g/mol. The molecule has 124 valence electrons. The molecule has 2 aliphatic heterocycles. The number of anilines is 1. The summed E-state index contributed by atoms with van der Waals surface area (Å²) in [5.41, 5.74) is 1.16. The van der Waals surface area contributed by atoms with E-state index in [2.05, 4.69) is 10.6 Å². The molecule has 1 aromatic rings. The lowest BCUT2D eigenvalue weighted by molar-refractivity contribution is -0.122. The fraction of sp³-hybridized carbons (Fsp3) is 0.412. The monoisotopic (exact) mass is 327 g/mol. The van der Waals surface area contributed by atoms with Gasteiger partial charge in [0.2, 0.25) is 11.8 Å². The molecule has 7 nitrogen and oxygen atoms in total. The number of amides is 4. The van der Waals surface area contributed by atoms with E-state index >= 15 is 0 Å². The zero-order valence-electron chi connectivity index (χ0n) is 13.0. The summed E-state index contributed by atoms with van der Waals surface area (Å²) < 4.78 is 0. The predicted octanol–water partition coefficient (Wildman–Crippen LogP) is 0.910. The minimum Gasteiger partial charge on any atom is -0.344 e. The fourth-order valence-electron chi connectivity index (χ4n) is 3.13. The third-order valence-electron chi connectivity index (χ3n) is 4.69. The Kier molecular flexibility index (Phi) is 3.37. The van der Waals surface area contributed by atoms with Crippen LogP contribution in [0.2, 0.25) is 0 Å². The first-order chi connectivity index (χ1) is 11.5. The van der Waals surface area contributed by atoms with Crippen LogP contribution in [0.15, 0.2) is 18.2 Å². The van der Waals surface area contributed by atoms with Crippen LogP contribution in [-0.4, -0.2) is 41.1 Å². The standard InChI is InChI=1S/C17H17N3O4/c21-14-6-5-13(19-14)15(22)18-10-3-4-11-12(7-10)17(24)20(16(11)23)8-9-1-2-9/h3-4,7,9,13H,1-2,5-6,8H2,(H,18,22)(H,19,21)/t13-/m0/s1. The lowest BCUT2D eigenvalue weighted by Crippen LogP contribution is -2.37. The van der Waals surface area contributed by atoms with Crippen molar-refractivity contribution >= 4 is 29.3 Å². The van der Waals surface area contributed by atoms with Gasteiger partial charge in [0, 0.05) is 18.7 Å². The van der Waals surface area contributed by atoms with Crippen molar-refractivity contribution in [2.24, 2.45) is 5.92 Å². The molecule has 1 aliphatic carbocycles. The molecule has 2 fully saturated rings. The number of imide groups is 1. The Labute approximate surface area is 138 Å². The Balaban J connectivity index is 1.51. The van der Waals surface area contributed by atoms with Crippen LogP contribution in [-0.2, 0) is 9.59 Å². The zero-order chi connectivity index (χ0) is 16.8. The van der Waals surface area contributed by atoms with E-state index in [0.717, 1.165) is 12.8 Å². The first-order valence-corrected chi connectivity index (χ1v) is 8.13. The summed E-state index contributed by atoms with van der Waals surface area (Å²) in [4.78, 5) is 49.4. The molecular formula is C17H17N3O4. The van der Waals surface area contributed by atoms with Crippen LogP contribution >= 0.6 is 0 Å². The van der Waals surface area contributed by atoms with Crippen molar-refractivity contribution in [1.82, 2.24) is 10.2 Å². The molecule has 2 heterocycles. The Morgan fingerprint density at radius 3 is 2.54 bits per heavy atom. The summed E-state index contributed by atoms with van der Waals surface area (Å²) in [5.74, 6) is -0.583. The van der Waals surface area contributed by atoms with E-state index in [1.165, 1.54) is 11.0 Å². The van der Waals surface area contributed by atoms with Gasteiger partial charge in [0.05, 0.1) is 11.1 Å². The minimum absolute atomic E-state index is 0.138. The van der Waals surface area contributed by atoms with Crippen LogP contribution in [0.25, 0.3) is 0 Å². The largest absolute Gasteiger partial charge is 0.344 e. The van der Waals surface area contributed by atoms with E-state index in [-0.39, 0.29) is 23.6 Å². The normalized spacial score (nSPS) is 22.6. The zero-order valence-corrected chi connectivity index (χ0v) is 13.0. The quantitative estimate of drug-likeness (QED) is 0.804. The number of nitrogens with one attached hydrogen (secondary N) is 2. The van der Waals surface area contributed by atoms with Gasteiger partial charge in [-0.3, -0.25) is 24.1 Å². The van der Waals surface area contributed by atoms with Gasteiger partial charge in [-0.2, -0.15) is 0 Å². The smallest absolute Gasteiger partial charge is 0.261 e. The number of nitrogens with zero attached hydrogens (tertiary/aromatic N) is 1. The first kappa shape index (κ1) is 14.9. The molecule has 4 rings (SSSR count). The Morgan fingerprint density at radius 2 is 1.88 bits per heavy atom. The maximum absolute atomic E-state index is 12.4. The SMILES string of the molecule is O=C1CC[C@@H](C(=O)Nc2ccc3c(c2)C(=O)N(CC2CC2)C3=O)N1. The van der Waals surface area contributed by atoms with E-state index in [1.54, 1.807) is 12.1 Å². The van der Waals surface area contributed by atoms with E-state index in [1.807, 2.05) is 0 Å². The fourth-order valence-corrected chi connectivity index (χ4v) is 3.13. The van der Waals surface area contributed by atoms with Gasteiger partial charge in [-0.05, 0) is 43.4 Å². The number of benzene rings is 1. The van der Waals surface area contributed by atoms with Crippen LogP contribution < -0.4 is 10.6 Å². The van der Waals surface area contributed by atoms with Gasteiger partial charge in [0.25, 0.3) is 11.8 Å². The van der Waals surface area contributed by atoms with Crippen LogP contribution in [0.4, 0.5) is 5.69 Å². The topological polar surface area (TPSA) is 95.6 Å². The Bertz CT molecular complexity index is 769. The summed E-state index contributed by atoms with van der Waals surface area (Å²) in [6.45, 7) is 0.474. The van der Waals surface area contributed by atoms with E-state index < -0.39 is 6.04 Å². The average molecular weight is 327 g/mol. The van der Waals surface area contributed by atoms with Crippen LogP contribution in [0.1, 0.15) is 46.4 Å². The molecule has 2 N–H and O–H groups in total. The van der Waals surface area contributed by atoms with Crippen molar-refractivity contribution in [2.45, 2.75) is 31.7 Å². The number of hydrogen-bond donors (Lipinski definition) is 2. The van der Waals surface area contributed by atoms with Gasteiger partial charge in [-0.15, -0.1) is 0 Å². The molecule has 1 aromatic carbocycles. The third kappa shape index (κ3) is 2.55. The van der Waals surface area contributed by atoms with E-state index in [9.17, 15) is 19.2 Å². The van der Waals surface area contributed by atoms with Crippen LogP contribution in [0.5, 0.6) is 0 Å². The molecule has 4 amide bonds. The molecule has 1 atom stereocenters. The van der Waals surface area contributed by atoms with Gasteiger partial charge < -0.3 is 10.6 Å². The number of hydrogen-bond acceptors (Lipinski definition) is 4. The van der Waals surface area contributed by atoms with Crippen molar-refractivity contribution in [3.63, 3.8) is 0 Å². The number of rotatable bonds is 4. The Morgan fingerprint density at radius 1 is 1.12 bits per heavy atom. The van der Waals surface area contributed by atoms with Gasteiger partial charge >= 0.3 is 0 Å². The number of carbonyl (C=O) groups is 4. The molecule has 1 saturated carbocycles. The first-order valence-electron chi connectivity index (χ1n) is 8.13. The summed E-state index contributed by atoms with van der Waals surface area (Å²) in [6, 6.07) is 4.18. The molecule has 1 saturated heterocycles. The maximum Gasteiger partial charge on any atom is 0.261 e. The highest BCUT2D eigenvalue weighted by Crippen LogP contribution is 2.33. The van der Waals surface area contributed by atoms with Gasteiger partial charge in [0.1, 0.15) is 6.04 Å². The summed E-state index contributed by atoms with van der Waals surface area (Å²) >= 11 is 0. The van der Waals surface area contributed by atoms with Crippen LogP contribution in [0, 0.1) is 5.92 Å². The number of carbonyl (C=O) groups excluding carboxylic acids is 4. The van der Waals surface area contributed by atoms with Gasteiger partial charge in [-0.25, -0.2) is 0 Å². The molecule has 0 aromatic heterocycles. The molecule has 0 unspecified atom stereocenters. The van der Waals surface area contributed by atoms with Crippen molar-refractivity contribution in [2.75, 3.05) is 11.9 Å². The average Bonchev–Trinajstić information content (AvgIpc) is 3.24. The highest BCUT2D eigenvalue weighted by molar-refractivity contribution is 6.22. The molecule has 0 bridgehead atoms. The van der Waals surface area contributed by atoms with E-state index in [0.29, 0.717) is 42.1 Å². The highest BCUT2D eigenvalue weighted by atomic mass is 16.2. The van der Waals surface area contributed by atoms with E-state index in [4.69, 9.17) is 0 Å². The Hall–Kier alpha value is -2.70. The second kappa shape index (κ2) is 5.43. The van der Waals surface area contributed by atoms with Crippen molar-refractivity contribution in [3.05, 3.63) is 29.3 Å². The van der Waals surface area contributed by atoms with Crippen molar-refractivity contribution in [1.29, 1.82) is 0 Å². The second-order valence-corrected chi connectivity index (χ2v) is 6.57. The second-order valence-electron chi connectivity index (χ2n) is 6.57. The molecule has 0 spiro atoms. The summed E-state index contributed by atoms with van der Waals surface area (Å²) in [6.07, 6.45) is 2.91. The lowest BCUT2D eigenvalue weighted by atomic mass is 10.1. The summed E-state index contributed by atoms with van der Waals surface area (Å²) in [5, 5.41) is 5.30. The van der Waals surface area contributed by atoms with Gasteiger partial charge in [-0.1, -0.05) is 0 Å². The maximum atomic E-state index is 12.4.